The third kappa shape index (κ3) is 6.76. The minimum atomic E-state index is -0.265. The molecule has 0 heterocycles. The van der Waals surface area contributed by atoms with Gasteiger partial charge in [0, 0.05) is 19.1 Å². The highest BCUT2D eigenvalue weighted by atomic mass is 16.2. The van der Waals surface area contributed by atoms with Gasteiger partial charge in [-0.3, -0.25) is 4.79 Å². The van der Waals surface area contributed by atoms with Gasteiger partial charge in [0.2, 0.25) is 5.91 Å². The predicted octanol–water partition coefficient (Wildman–Crippen LogP) is 0.562. The second-order valence-corrected chi connectivity index (χ2v) is 4.47. The van der Waals surface area contributed by atoms with Crippen LogP contribution in [0.25, 0.3) is 0 Å². The zero-order valence-corrected chi connectivity index (χ0v) is 10.2. The van der Waals surface area contributed by atoms with Crippen LogP contribution in [0.3, 0.4) is 0 Å². The lowest BCUT2D eigenvalue weighted by Gasteiger charge is -2.21. The van der Waals surface area contributed by atoms with Crippen molar-refractivity contribution >= 4 is 11.9 Å². The summed E-state index contributed by atoms with van der Waals surface area (Å²) < 4.78 is 0. The van der Waals surface area contributed by atoms with Crippen molar-refractivity contribution in [2.24, 2.45) is 0 Å². The molecule has 5 heteroatoms. The van der Waals surface area contributed by atoms with Crippen LogP contribution in [0.4, 0.5) is 4.79 Å². The van der Waals surface area contributed by atoms with Crippen molar-refractivity contribution < 1.29 is 9.59 Å². The fourth-order valence-corrected chi connectivity index (χ4v) is 0.897. The molecule has 0 aliphatic heterocycles. The average Bonchev–Trinajstić information content (AvgIpc) is 2.10. The SMILES string of the molecule is CCN(C)C(=O)NCC(=O)NC(C)(C)C. The van der Waals surface area contributed by atoms with Gasteiger partial charge in [-0.1, -0.05) is 0 Å². The largest absolute Gasteiger partial charge is 0.350 e. The summed E-state index contributed by atoms with van der Waals surface area (Å²) in [5, 5.41) is 5.29. The lowest BCUT2D eigenvalue weighted by molar-refractivity contribution is -0.121. The van der Waals surface area contributed by atoms with Gasteiger partial charge in [0.25, 0.3) is 0 Å². The Labute approximate surface area is 91.2 Å². The van der Waals surface area contributed by atoms with Crippen LogP contribution in [-0.4, -0.2) is 42.5 Å². The van der Waals surface area contributed by atoms with Crippen LogP contribution in [0.5, 0.6) is 0 Å². The predicted molar refractivity (Wildman–Crippen MR) is 59.6 cm³/mol. The molecule has 0 saturated carbocycles. The van der Waals surface area contributed by atoms with Gasteiger partial charge in [0.15, 0.2) is 0 Å². The average molecular weight is 215 g/mol. The molecule has 0 atom stereocenters. The number of carbonyl (C=O) groups excluding carboxylic acids is 2. The zero-order chi connectivity index (χ0) is 12.1. The van der Waals surface area contributed by atoms with E-state index in [2.05, 4.69) is 10.6 Å². The smallest absolute Gasteiger partial charge is 0.317 e. The van der Waals surface area contributed by atoms with E-state index in [1.54, 1.807) is 7.05 Å². The molecule has 0 bridgehead atoms. The van der Waals surface area contributed by atoms with Crippen LogP contribution in [0.1, 0.15) is 27.7 Å². The van der Waals surface area contributed by atoms with E-state index in [4.69, 9.17) is 0 Å². The van der Waals surface area contributed by atoms with Crippen molar-refractivity contribution in [3.05, 3.63) is 0 Å². The van der Waals surface area contributed by atoms with Gasteiger partial charge >= 0.3 is 6.03 Å². The van der Waals surface area contributed by atoms with E-state index in [0.29, 0.717) is 6.54 Å². The molecule has 0 aromatic carbocycles. The van der Waals surface area contributed by atoms with Crippen LogP contribution in [0, 0.1) is 0 Å². The van der Waals surface area contributed by atoms with Crippen LogP contribution < -0.4 is 10.6 Å². The Morgan fingerprint density at radius 2 is 1.80 bits per heavy atom. The van der Waals surface area contributed by atoms with E-state index in [0.717, 1.165) is 0 Å². The quantitative estimate of drug-likeness (QED) is 0.722. The molecule has 5 nitrogen and oxygen atoms in total. The van der Waals surface area contributed by atoms with Gasteiger partial charge in [-0.05, 0) is 27.7 Å². The molecule has 0 unspecified atom stereocenters. The standard InChI is InChI=1S/C10H21N3O2/c1-6-13(5)9(15)11-7-8(14)12-10(2,3)4/h6-7H2,1-5H3,(H,11,15)(H,12,14). The normalized spacial score (nSPS) is 10.7. The number of carbonyl (C=O) groups is 2. The lowest BCUT2D eigenvalue weighted by Crippen LogP contribution is -2.47. The Hall–Kier alpha value is -1.26. The first-order valence-electron chi connectivity index (χ1n) is 5.06. The van der Waals surface area contributed by atoms with E-state index in [1.165, 1.54) is 4.90 Å². The van der Waals surface area contributed by atoms with E-state index >= 15 is 0 Å². The summed E-state index contributed by atoms with van der Waals surface area (Å²) in [6, 6.07) is -0.235. The van der Waals surface area contributed by atoms with Gasteiger partial charge in [-0.2, -0.15) is 0 Å². The van der Waals surface area contributed by atoms with Gasteiger partial charge in [-0.25, -0.2) is 4.79 Å². The minimum absolute atomic E-state index is 0.0143. The van der Waals surface area contributed by atoms with Gasteiger partial charge in [-0.15, -0.1) is 0 Å². The molecule has 0 saturated heterocycles. The van der Waals surface area contributed by atoms with Crippen LogP contribution in [0.15, 0.2) is 0 Å². The number of amides is 3. The van der Waals surface area contributed by atoms with Crippen molar-refractivity contribution in [1.29, 1.82) is 0 Å². The highest BCUT2D eigenvalue weighted by Crippen LogP contribution is 1.97. The fourth-order valence-electron chi connectivity index (χ4n) is 0.897. The highest BCUT2D eigenvalue weighted by Gasteiger charge is 2.14. The third-order valence-electron chi connectivity index (χ3n) is 1.74. The summed E-state index contributed by atoms with van der Waals surface area (Å²) in [5.74, 6) is -0.180. The molecule has 0 spiro atoms. The Morgan fingerprint density at radius 1 is 1.27 bits per heavy atom. The number of rotatable bonds is 3. The van der Waals surface area contributed by atoms with Crippen LogP contribution >= 0.6 is 0 Å². The van der Waals surface area contributed by atoms with Gasteiger partial charge < -0.3 is 15.5 Å². The first kappa shape index (κ1) is 13.7. The summed E-state index contributed by atoms with van der Waals surface area (Å²) in [6.45, 7) is 8.18. The van der Waals surface area contributed by atoms with E-state index < -0.39 is 0 Å². The number of nitrogens with zero attached hydrogens (tertiary/aromatic N) is 1. The number of hydrogen-bond donors (Lipinski definition) is 2. The van der Waals surface area contributed by atoms with E-state index in [9.17, 15) is 9.59 Å². The molecule has 2 N–H and O–H groups in total. The Kier molecular flexibility index (Phi) is 5.11. The second kappa shape index (κ2) is 5.58. The summed E-state index contributed by atoms with van der Waals surface area (Å²) in [4.78, 5) is 24.1. The van der Waals surface area contributed by atoms with Crippen LogP contribution in [0.2, 0.25) is 0 Å². The topological polar surface area (TPSA) is 61.4 Å². The molecule has 0 aliphatic rings. The first-order chi connectivity index (χ1) is 6.76. The second-order valence-electron chi connectivity index (χ2n) is 4.47. The van der Waals surface area contributed by atoms with Gasteiger partial charge in [0.05, 0.1) is 6.54 Å². The summed E-state index contributed by atoms with van der Waals surface area (Å²) in [5.41, 5.74) is -0.265. The minimum Gasteiger partial charge on any atom is -0.350 e. The van der Waals surface area contributed by atoms with Crippen molar-refractivity contribution in [3.63, 3.8) is 0 Å². The molecule has 0 fully saturated rings. The molecule has 3 amide bonds. The molecule has 0 aromatic rings. The summed E-state index contributed by atoms with van der Waals surface area (Å²) in [6.07, 6.45) is 0. The number of hydrogen-bond acceptors (Lipinski definition) is 2. The van der Waals surface area contributed by atoms with Crippen LogP contribution in [-0.2, 0) is 4.79 Å². The van der Waals surface area contributed by atoms with Crippen molar-refractivity contribution in [2.75, 3.05) is 20.1 Å². The summed E-state index contributed by atoms with van der Waals surface area (Å²) in [7, 11) is 1.68. The molecular formula is C10H21N3O2. The maximum atomic E-state index is 11.3. The molecule has 0 aromatic heterocycles. The van der Waals surface area contributed by atoms with E-state index in [1.807, 2.05) is 27.7 Å². The van der Waals surface area contributed by atoms with E-state index in [-0.39, 0.29) is 24.0 Å². The van der Waals surface area contributed by atoms with Crippen molar-refractivity contribution in [1.82, 2.24) is 15.5 Å². The number of urea groups is 1. The maximum Gasteiger partial charge on any atom is 0.317 e. The van der Waals surface area contributed by atoms with Crippen molar-refractivity contribution in [3.8, 4) is 0 Å². The maximum absolute atomic E-state index is 11.3. The van der Waals surface area contributed by atoms with Crippen molar-refractivity contribution in [2.45, 2.75) is 33.2 Å². The molecule has 15 heavy (non-hydrogen) atoms. The highest BCUT2D eigenvalue weighted by molar-refractivity contribution is 5.84. The molecule has 0 rings (SSSR count). The summed E-state index contributed by atoms with van der Waals surface area (Å²) >= 11 is 0. The van der Waals surface area contributed by atoms with Gasteiger partial charge in [0.1, 0.15) is 0 Å². The number of nitrogens with one attached hydrogen (secondary N) is 2. The molecule has 0 aliphatic carbocycles. The molecule has 88 valence electrons. The monoisotopic (exact) mass is 215 g/mol. The molecule has 0 radical (unpaired) electrons. The zero-order valence-electron chi connectivity index (χ0n) is 10.2. The Morgan fingerprint density at radius 3 is 2.20 bits per heavy atom. The molecular weight excluding hydrogens is 194 g/mol. The Bertz CT molecular complexity index is 233. The first-order valence-corrected chi connectivity index (χ1v) is 5.06. The fraction of sp³-hybridized carbons (Fsp3) is 0.800. The Balaban J connectivity index is 3.87. The third-order valence-corrected chi connectivity index (χ3v) is 1.74. The lowest BCUT2D eigenvalue weighted by atomic mass is 10.1.